The number of carbonyl (C=O) groups is 3. The number of unbranched alkanes of at least 4 members (excludes halogenated alkanes) is 13. The van der Waals surface area contributed by atoms with Gasteiger partial charge in [0.05, 0.1) is 38.0 Å². The van der Waals surface area contributed by atoms with Gasteiger partial charge in [0.1, 0.15) is 0 Å². The summed E-state index contributed by atoms with van der Waals surface area (Å²) >= 11 is 0. The minimum atomic E-state index is -1.07. The molecule has 0 fully saturated rings. The molecule has 0 aromatic rings. The standard InChI is InChI=1S/C34H63NO6/c1-5-6-7-8-9-10-11-12-13-14-15-16-17-18-19-20-21-25-35(26-22-29(2)32(36)37,27-23-30(3)33(38)39)28-24-31(4)34(40)41/h7-8,29-31H,5-6,9-28H2,1-4H3,(H2-,36,37,38,39,40,41)/b8-7+. The molecule has 0 saturated carbocycles. The minimum absolute atomic E-state index is 0.446. The number of allylic oxidation sites excluding steroid dienone is 2. The van der Waals surface area contributed by atoms with Crippen LogP contribution in [0.3, 0.4) is 0 Å². The highest BCUT2D eigenvalue weighted by Crippen LogP contribution is 2.22. The van der Waals surface area contributed by atoms with Gasteiger partial charge in [-0.25, -0.2) is 0 Å². The second-order valence-corrected chi connectivity index (χ2v) is 12.6. The number of carboxylic acids is 3. The van der Waals surface area contributed by atoms with E-state index in [1.165, 1.54) is 77.0 Å². The molecule has 0 aliphatic rings. The molecule has 0 aliphatic heterocycles. The number of nitrogens with zero attached hydrogens (tertiary/aromatic N) is 1. The lowest BCUT2D eigenvalue weighted by molar-refractivity contribution is -0.929. The molecule has 7 heteroatoms. The van der Waals surface area contributed by atoms with Crippen molar-refractivity contribution in [3.8, 4) is 0 Å². The Kier molecular flexibility index (Phi) is 23.5. The zero-order chi connectivity index (χ0) is 30.9. The third kappa shape index (κ3) is 21.5. The third-order valence-corrected chi connectivity index (χ3v) is 8.73. The molecule has 0 aliphatic carbocycles. The van der Waals surface area contributed by atoms with Gasteiger partial charge in [0.2, 0.25) is 0 Å². The highest BCUT2D eigenvalue weighted by molar-refractivity contribution is 5.69. The summed E-state index contributed by atoms with van der Waals surface area (Å²) in [6.45, 7) is 9.94. The molecule has 0 aromatic carbocycles. The van der Waals surface area contributed by atoms with Crippen LogP contribution in [0.4, 0.5) is 0 Å². The summed E-state index contributed by atoms with van der Waals surface area (Å²) in [5.41, 5.74) is 0. The molecule has 0 saturated heterocycles. The van der Waals surface area contributed by atoms with Crippen molar-refractivity contribution in [3.63, 3.8) is 0 Å². The van der Waals surface area contributed by atoms with Gasteiger partial charge >= 0.3 is 11.9 Å². The largest absolute Gasteiger partial charge is 0.550 e. The molecule has 3 unspecified atom stereocenters. The summed E-state index contributed by atoms with van der Waals surface area (Å²) in [4.78, 5) is 34.3. The van der Waals surface area contributed by atoms with Gasteiger partial charge in [-0.1, -0.05) is 104 Å². The van der Waals surface area contributed by atoms with Crippen molar-refractivity contribution in [2.45, 2.75) is 143 Å². The lowest BCUT2D eigenvalue weighted by Crippen LogP contribution is -2.52. The Bertz CT molecular complexity index is 662. The number of quaternary nitrogens is 1. The van der Waals surface area contributed by atoms with Crippen molar-refractivity contribution in [2.24, 2.45) is 17.8 Å². The van der Waals surface area contributed by atoms with Crippen LogP contribution in [-0.4, -0.2) is 58.8 Å². The predicted molar refractivity (Wildman–Crippen MR) is 165 cm³/mol. The maximum atomic E-state index is 11.5. The van der Waals surface area contributed by atoms with Crippen LogP contribution in [0.1, 0.15) is 143 Å². The molecule has 240 valence electrons. The summed E-state index contributed by atoms with van der Waals surface area (Å²) in [5, 5.41) is 30.2. The molecule has 0 rings (SSSR count). The van der Waals surface area contributed by atoms with Crippen LogP contribution in [0.5, 0.6) is 0 Å². The minimum Gasteiger partial charge on any atom is -0.550 e. The topological polar surface area (TPSA) is 115 Å². The molecular weight excluding hydrogens is 518 g/mol. The van der Waals surface area contributed by atoms with Gasteiger partial charge in [-0.3, -0.25) is 9.59 Å². The van der Waals surface area contributed by atoms with E-state index in [-0.39, 0.29) is 0 Å². The zero-order valence-corrected chi connectivity index (χ0v) is 26.9. The van der Waals surface area contributed by atoms with E-state index in [1.807, 2.05) is 0 Å². The highest BCUT2D eigenvalue weighted by atomic mass is 16.4. The van der Waals surface area contributed by atoms with Gasteiger partial charge in [-0.2, -0.15) is 0 Å². The average molecular weight is 582 g/mol. The van der Waals surface area contributed by atoms with Gasteiger partial charge in [-0.15, -0.1) is 0 Å². The Morgan fingerprint density at radius 1 is 0.585 bits per heavy atom. The average Bonchev–Trinajstić information content (AvgIpc) is 2.94. The summed E-state index contributed by atoms with van der Waals surface area (Å²) in [6.07, 6.45) is 24.7. The van der Waals surface area contributed by atoms with Crippen LogP contribution in [0, 0.1) is 17.8 Å². The number of carboxylic acid groups (broad SMARTS) is 3. The summed E-state index contributed by atoms with van der Waals surface area (Å²) in [5.74, 6) is -4.31. The normalized spacial score (nSPS) is 15.4. The van der Waals surface area contributed by atoms with Gasteiger partial charge in [0, 0.05) is 31.1 Å². The van der Waals surface area contributed by atoms with Crippen molar-refractivity contribution in [1.82, 2.24) is 0 Å². The van der Waals surface area contributed by atoms with Gasteiger partial charge in [0.25, 0.3) is 0 Å². The molecule has 0 bridgehead atoms. The molecule has 2 N–H and O–H groups in total. The van der Waals surface area contributed by atoms with Crippen molar-refractivity contribution < 1.29 is 34.2 Å². The highest BCUT2D eigenvalue weighted by Gasteiger charge is 2.30. The van der Waals surface area contributed by atoms with E-state index in [0.717, 1.165) is 25.8 Å². The van der Waals surface area contributed by atoms with E-state index in [1.54, 1.807) is 20.8 Å². The molecule has 0 heterocycles. The maximum Gasteiger partial charge on any atom is 0.306 e. The monoisotopic (exact) mass is 581 g/mol. The first-order chi connectivity index (χ1) is 19.5. The van der Waals surface area contributed by atoms with Crippen LogP contribution in [0.15, 0.2) is 12.2 Å². The zero-order valence-electron chi connectivity index (χ0n) is 26.9. The summed E-state index contributed by atoms with van der Waals surface area (Å²) in [7, 11) is 0. The molecule has 0 spiro atoms. The maximum absolute atomic E-state index is 11.5. The first-order valence-corrected chi connectivity index (χ1v) is 16.7. The number of carbonyl (C=O) groups excluding carboxylic acids is 1. The van der Waals surface area contributed by atoms with Crippen molar-refractivity contribution in [1.29, 1.82) is 0 Å². The Hall–Kier alpha value is -1.89. The fraction of sp³-hybridized carbons (Fsp3) is 0.853. The molecule has 3 atom stereocenters. The van der Waals surface area contributed by atoms with Gasteiger partial charge < -0.3 is 24.6 Å². The number of hydrogen-bond donors (Lipinski definition) is 2. The first kappa shape index (κ1) is 39.1. The molecule has 0 radical (unpaired) electrons. The Morgan fingerprint density at radius 3 is 1.34 bits per heavy atom. The van der Waals surface area contributed by atoms with Crippen molar-refractivity contribution in [3.05, 3.63) is 12.2 Å². The number of rotatable bonds is 29. The third-order valence-electron chi connectivity index (χ3n) is 8.73. The van der Waals surface area contributed by atoms with E-state index in [4.69, 9.17) is 0 Å². The smallest absolute Gasteiger partial charge is 0.306 e. The summed E-state index contributed by atoms with van der Waals surface area (Å²) < 4.78 is 0.585. The first-order valence-electron chi connectivity index (χ1n) is 16.7. The lowest BCUT2D eigenvalue weighted by Gasteiger charge is -2.41. The van der Waals surface area contributed by atoms with Crippen LogP contribution in [0.2, 0.25) is 0 Å². The second-order valence-electron chi connectivity index (χ2n) is 12.6. The number of hydrogen-bond acceptors (Lipinski definition) is 4. The molecular formula is C34H63NO6. The molecule has 0 amide bonds. The number of aliphatic carboxylic acids is 3. The lowest BCUT2D eigenvalue weighted by atomic mass is 10.0. The quantitative estimate of drug-likeness (QED) is 0.0547. The fourth-order valence-electron chi connectivity index (χ4n) is 5.32. The Labute approximate surface area is 251 Å². The van der Waals surface area contributed by atoms with Crippen LogP contribution in [-0.2, 0) is 14.4 Å². The van der Waals surface area contributed by atoms with Crippen molar-refractivity contribution in [2.75, 3.05) is 26.2 Å². The van der Waals surface area contributed by atoms with E-state index >= 15 is 0 Å². The van der Waals surface area contributed by atoms with Crippen LogP contribution in [0.25, 0.3) is 0 Å². The molecule has 0 aromatic heterocycles. The van der Waals surface area contributed by atoms with E-state index < -0.39 is 35.7 Å². The van der Waals surface area contributed by atoms with E-state index in [2.05, 4.69) is 19.1 Å². The molecule has 41 heavy (non-hydrogen) atoms. The van der Waals surface area contributed by atoms with Crippen LogP contribution < -0.4 is 5.11 Å². The van der Waals surface area contributed by atoms with Gasteiger partial charge in [-0.05, 0) is 32.1 Å². The van der Waals surface area contributed by atoms with Gasteiger partial charge in [0.15, 0.2) is 0 Å². The SMILES string of the molecule is CCC/C=C/CCCCCCCCCCCCCC[N+](CCC(C)C(=O)[O-])(CCC(C)C(=O)O)CCC(C)C(=O)O. The van der Waals surface area contributed by atoms with Crippen LogP contribution >= 0.6 is 0 Å². The Balaban J connectivity index is 4.56. The molecule has 7 nitrogen and oxygen atoms in total. The van der Waals surface area contributed by atoms with Crippen molar-refractivity contribution >= 4 is 17.9 Å². The summed E-state index contributed by atoms with van der Waals surface area (Å²) in [6, 6.07) is 0. The van der Waals surface area contributed by atoms with E-state index in [9.17, 15) is 29.7 Å². The Morgan fingerprint density at radius 2 is 0.951 bits per heavy atom. The fourth-order valence-corrected chi connectivity index (χ4v) is 5.32. The van der Waals surface area contributed by atoms with E-state index in [0.29, 0.717) is 43.4 Å². The predicted octanol–water partition coefficient (Wildman–Crippen LogP) is 7.23. The second kappa shape index (κ2) is 24.7.